The highest BCUT2D eigenvalue weighted by molar-refractivity contribution is 4.90. The summed E-state index contributed by atoms with van der Waals surface area (Å²) in [7, 11) is 0. The van der Waals surface area contributed by atoms with E-state index in [9.17, 15) is 13.2 Å². The highest BCUT2D eigenvalue weighted by Crippen LogP contribution is 2.14. The van der Waals surface area contributed by atoms with Gasteiger partial charge in [-0.1, -0.05) is 0 Å². The molecule has 4 nitrogen and oxygen atoms in total. The summed E-state index contributed by atoms with van der Waals surface area (Å²) in [6.45, 7) is 1.71. The van der Waals surface area contributed by atoms with E-state index in [4.69, 9.17) is 4.42 Å². The number of oxazole rings is 1. The van der Waals surface area contributed by atoms with E-state index in [-0.39, 0.29) is 6.61 Å². The maximum Gasteiger partial charge on any atom is 0.411 e. The van der Waals surface area contributed by atoms with Crippen LogP contribution < -0.4 is 5.32 Å². The molecule has 0 amide bonds. The molecule has 1 aromatic rings. The molecular weight excluding hydrogens is 237 g/mol. The van der Waals surface area contributed by atoms with Crippen LogP contribution in [0.1, 0.15) is 18.1 Å². The molecular formula is C10H15F3N2O2. The summed E-state index contributed by atoms with van der Waals surface area (Å²) in [4.78, 5) is 3.97. The summed E-state index contributed by atoms with van der Waals surface area (Å²) in [6, 6.07) is 0. The van der Waals surface area contributed by atoms with Gasteiger partial charge in [0.2, 0.25) is 5.89 Å². The minimum Gasteiger partial charge on any atom is -0.445 e. The Hall–Kier alpha value is -1.08. The van der Waals surface area contributed by atoms with Crippen molar-refractivity contribution in [1.29, 1.82) is 0 Å². The van der Waals surface area contributed by atoms with Gasteiger partial charge in [-0.25, -0.2) is 4.98 Å². The second-order valence-electron chi connectivity index (χ2n) is 3.56. The molecule has 17 heavy (non-hydrogen) atoms. The van der Waals surface area contributed by atoms with Crippen molar-refractivity contribution in [3.63, 3.8) is 0 Å². The molecule has 0 radical (unpaired) electrons. The lowest BCUT2D eigenvalue weighted by molar-refractivity contribution is -0.173. The van der Waals surface area contributed by atoms with E-state index in [0.29, 0.717) is 25.4 Å². The van der Waals surface area contributed by atoms with Crippen molar-refractivity contribution in [3.8, 4) is 0 Å². The zero-order valence-electron chi connectivity index (χ0n) is 9.51. The Morgan fingerprint density at radius 2 is 2.24 bits per heavy atom. The molecule has 1 heterocycles. The van der Waals surface area contributed by atoms with E-state index in [1.165, 1.54) is 0 Å². The first kappa shape index (κ1) is 14.0. The van der Waals surface area contributed by atoms with Crippen LogP contribution in [0.5, 0.6) is 0 Å². The van der Waals surface area contributed by atoms with Crippen LogP contribution in [0.2, 0.25) is 0 Å². The van der Waals surface area contributed by atoms with Crippen LogP contribution in [-0.4, -0.2) is 30.9 Å². The van der Waals surface area contributed by atoms with Gasteiger partial charge in [-0.2, -0.15) is 13.2 Å². The van der Waals surface area contributed by atoms with Crippen LogP contribution in [0, 0.1) is 6.92 Å². The quantitative estimate of drug-likeness (QED) is 0.754. The van der Waals surface area contributed by atoms with E-state index in [1.807, 2.05) is 0 Å². The molecule has 1 N–H and O–H groups in total. The Balaban J connectivity index is 1.95. The lowest BCUT2D eigenvalue weighted by Crippen LogP contribution is -2.20. The number of nitrogens with zero attached hydrogens (tertiary/aromatic N) is 1. The minimum absolute atomic E-state index is 0.0805. The zero-order chi connectivity index (χ0) is 12.7. The molecule has 0 aliphatic carbocycles. The largest absolute Gasteiger partial charge is 0.445 e. The second-order valence-corrected chi connectivity index (χ2v) is 3.56. The Bertz CT molecular complexity index is 326. The van der Waals surface area contributed by atoms with Gasteiger partial charge in [0.25, 0.3) is 0 Å². The first-order chi connectivity index (χ1) is 7.97. The van der Waals surface area contributed by atoms with Gasteiger partial charge in [0.05, 0.1) is 12.7 Å². The fourth-order valence-corrected chi connectivity index (χ4v) is 1.17. The zero-order valence-corrected chi connectivity index (χ0v) is 9.51. The maximum absolute atomic E-state index is 11.7. The Labute approximate surface area is 97.2 Å². The molecule has 0 aromatic carbocycles. The van der Waals surface area contributed by atoms with Gasteiger partial charge in [-0.15, -0.1) is 0 Å². The summed E-state index contributed by atoms with van der Waals surface area (Å²) in [5.74, 6) is 1.30. The molecule has 0 saturated carbocycles. The van der Waals surface area contributed by atoms with Crippen molar-refractivity contribution in [1.82, 2.24) is 10.3 Å². The van der Waals surface area contributed by atoms with Crippen molar-refractivity contribution >= 4 is 0 Å². The Kier molecular flexibility index (Phi) is 5.43. The summed E-state index contributed by atoms with van der Waals surface area (Å²) in [6.07, 6.45) is -2.12. The number of hydrogen-bond acceptors (Lipinski definition) is 4. The third-order valence-electron chi connectivity index (χ3n) is 1.85. The van der Waals surface area contributed by atoms with Crippen molar-refractivity contribution in [2.75, 3.05) is 19.8 Å². The van der Waals surface area contributed by atoms with E-state index >= 15 is 0 Å². The predicted molar refractivity (Wildman–Crippen MR) is 54.4 cm³/mol. The standard InChI is InChI=1S/C10H15F3N2O2/c1-8-5-15-9(17-8)6-14-3-2-4-16-7-10(11,12)13/h5,14H,2-4,6-7H2,1H3. The Morgan fingerprint density at radius 1 is 1.47 bits per heavy atom. The SMILES string of the molecule is Cc1cnc(CNCCCOCC(F)(F)F)o1. The van der Waals surface area contributed by atoms with Crippen LogP contribution in [0.3, 0.4) is 0 Å². The van der Waals surface area contributed by atoms with E-state index < -0.39 is 12.8 Å². The third kappa shape index (κ3) is 6.96. The predicted octanol–water partition coefficient (Wildman–Crippen LogP) is 2.04. The Morgan fingerprint density at radius 3 is 2.82 bits per heavy atom. The maximum atomic E-state index is 11.7. The molecule has 1 aromatic heterocycles. The highest BCUT2D eigenvalue weighted by atomic mass is 19.4. The van der Waals surface area contributed by atoms with E-state index in [0.717, 1.165) is 5.76 Å². The summed E-state index contributed by atoms with van der Waals surface area (Å²) < 4.78 is 44.7. The van der Waals surface area contributed by atoms with Crippen LogP contribution in [0.25, 0.3) is 0 Å². The molecule has 0 spiro atoms. The van der Waals surface area contributed by atoms with Gasteiger partial charge in [-0.05, 0) is 19.9 Å². The molecule has 0 bridgehead atoms. The number of rotatable bonds is 7. The average Bonchev–Trinajstić information content (AvgIpc) is 2.61. The molecule has 0 aliphatic heterocycles. The van der Waals surface area contributed by atoms with Crippen molar-refractivity contribution in [2.24, 2.45) is 0 Å². The van der Waals surface area contributed by atoms with Crippen LogP contribution in [0.4, 0.5) is 13.2 Å². The van der Waals surface area contributed by atoms with Crippen molar-refractivity contribution in [3.05, 3.63) is 17.8 Å². The fraction of sp³-hybridized carbons (Fsp3) is 0.700. The number of nitrogens with one attached hydrogen (secondary N) is 1. The third-order valence-corrected chi connectivity index (χ3v) is 1.85. The van der Waals surface area contributed by atoms with Gasteiger partial charge in [-0.3, -0.25) is 0 Å². The van der Waals surface area contributed by atoms with Gasteiger partial charge in [0.1, 0.15) is 12.4 Å². The van der Waals surface area contributed by atoms with Crippen molar-refractivity contribution in [2.45, 2.75) is 26.1 Å². The number of aromatic nitrogens is 1. The van der Waals surface area contributed by atoms with E-state index in [1.54, 1.807) is 13.1 Å². The van der Waals surface area contributed by atoms with Crippen LogP contribution in [0.15, 0.2) is 10.6 Å². The summed E-state index contributed by atoms with van der Waals surface area (Å²) in [5, 5.41) is 3.00. The number of ether oxygens (including phenoxy) is 1. The summed E-state index contributed by atoms with van der Waals surface area (Å²) >= 11 is 0. The van der Waals surface area contributed by atoms with E-state index in [2.05, 4.69) is 15.0 Å². The lowest BCUT2D eigenvalue weighted by Gasteiger charge is -2.07. The van der Waals surface area contributed by atoms with Gasteiger partial charge >= 0.3 is 6.18 Å². The average molecular weight is 252 g/mol. The summed E-state index contributed by atoms with van der Waals surface area (Å²) in [5.41, 5.74) is 0. The normalized spacial score (nSPS) is 12.0. The molecule has 98 valence electrons. The van der Waals surface area contributed by atoms with Crippen LogP contribution >= 0.6 is 0 Å². The molecule has 0 saturated heterocycles. The number of alkyl halides is 3. The molecule has 0 unspecified atom stereocenters. The number of hydrogen-bond donors (Lipinski definition) is 1. The highest BCUT2D eigenvalue weighted by Gasteiger charge is 2.27. The van der Waals surface area contributed by atoms with Crippen molar-refractivity contribution < 1.29 is 22.3 Å². The minimum atomic E-state index is -4.25. The molecule has 0 aliphatic rings. The lowest BCUT2D eigenvalue weighted by atomic mass is 10.4. The van der Waals surface area contributed by atoms with Gasteiger partial charge in [0.15, 0.2) is 0 Å². The van der Waals surface area contributed by atoms with Crippen LogP contribution in [-0.2, 0) is 11.3 Å². The first-order valence-electron chi connectivity index (χ1n) is 5.24. The monoisotopic (exact) mass is 252 g/mol. The molecule has 0 fully saturated rings. The number of aryl methyl sites for hydroxylation is 1. The molecule has 7 heteroatoms. The number of halogens is 3. The molecule has 0 atom stereocenters. The van der Waals surface area contributed by atoms with Gasteiger partial charge < -0.3 is 14.5 Å². The topological polar surface area (TPSA) is 47.3 Å². The van der Waals surface area contributed by atoms with Gasteiger partial charge in [0, 0.05) is 6.61 Å². The smallest absolute Gasteiger partial charge is 0.411 e. The fourth-order valence-electron chi connectivity index (χ4n) is 1.17. The second kappa shape index (κ2) is 6.61. The molecule has 1 rings (SSSR count). The first-order valence-corrected chi connectivity index (χ1v) is 5.24.